The summed E-state index contributed by atoms with van der Waals surface area (Å²) in [7, 11) is 0. The summed E-state index contributed by atoms with van der Waals surface area (Å²) in [5, 5.41) is 1.40. The van der Waals surface area contributed by atoms with Gasteiger partial charge in [0, 0.05) is 29.6 Å². The smallest absolute Gasteiger partial charge is 0.148 e. The number of benzene rings is 2. The van der Waals surface area contributed by atoms with E-state index in [2.05, 4.69) is 9.97 Å². The molecule has 0 atom stereocenters. The third-order valence-electron chi connectivity index (χ3n) is 6.20. The van der Waals surface area contributed by atoms with Crippen molar-refractivity contribution in [3.05, 3.63) is 95.9 Å². The topological polar surface area (TPSA) is 38.9 Å². The van der Waals surface area contributed by atoms with Gasteiger partial charge in [0.1, 0.15) is 11.2 Å². The van der Waals surface area contributed by atoms with E-state index in [9.17, 15) is 0 Å². The van der Waals surface area contributed by atoms with Crippen LogP contribution in [0.4, 0.5) is 0 Å². The van der Waals surface area contributed by atoms with Crippen LogP contribution in [-0.4, -0.2) is 9.97 Å². The normalized spacial score (nSPS) is 17.2. The molecule has 1 saturated carbocycles. The first-order valence-electron chi connectivity index (χ1n) is 13.2. The maximum Gasteiger partial charge on any atom is 0.148 e. The molecule has 0 spiro atoms. The second-order valence-electron chi connectivity index (χ2n) is 8.37. The average Bonchev–Trinajstić information content (AvgIpc) is 3.58. The minimum Gasteiger partial charge on any atom is -0.455 e. The fourth-order valence-corrected chi connectivity index (χ4v) is 4.63. The van der Waals surface area contributed by atoms with Gasteiger partial charge in [0.2, 0.25) is 0 Å². The molecule has 32 heavy (non-hydrogen) atoms. The van der Waals surface area contributed by atoms with Crippen LogP contribution in [0.15, 0.2) is 83.5 Å². The molecule has 3 nitrogen and oxygen atoms in total. The van der Waals surface area contributed by atoms with E-state index in [1.165, 1.54) is 0 Å². The van der Waals surface area contributed by atoms with Crippen molar-refractivity contribution in [1.82, 2.24) is 9.97 Å². The van der Waals surface area contributed by atoms with Crippen LogP contribution in [0, 0.1) is 5.92 Å². The molecule has 0 N–H and O–H groups in total. The molecule has 0 saturated heterocycles. The molecule has 0 bridgehead atoms. The Morgan fingerprint density at radius 3 is 2.59 bits per heavy atom. The van der Waals surface area contributed by atoms with Crippen molar-refractivity contribution in [2.45, 2.75) is 38.4 Å². The van der Waals surface area contributed by atoms with Gasteiger partial charge in [-0.2, -0.15) is 0 Å². The molecule has 6 rings (SSSR count). The van der Waals surface area contributed by atoms with Gasteiger partial charge in [0.05, 0.1) is 22.3 Å². The van der Waals surface area contributed by atoms with Gasteiger partial charge in [0.25, 0.3) is 0 Å². The summed E-state index contributed by atoms with van der Waals surface area (Å²) in [6.45, 7) is 0. The van der Waals surface area contributed by atoms with Gasteiger partial charge in [-0.15, -0.1) is 0 Å². The summed E-state index contributed by atoms with van der Waals surface area (Å²) in [5.74, 6) is -0.00223. The van der Waals surface area contributed by atoms with Crippen LogP contribution in [0.2, 0.25) is 0 Å². The number of hydrogen-bond donors (Lipinski definition) is 0. The summed E-state index contributed by atoms with van der Waals surface area (Å²) in [4.78, 5) is 9.21. The number of nitrogens with zero attached hydrogens (tertiary/aromatic N) is 2. The molecule has 0 radical (unpaired) electrons. The van der Waals surface area contributed by atoms with Crippen molar-refractivity contribution in [2.75, 3.05) is 0 Å². The quantitative estimate of drug-likeness (QED) is 0.297. The minimum absolute atomic E-state index is 0.00223. The predicted molar refractivity (Wildman–Crippen MR) is 130 cm³/mol. The second kappa shape index (κ2) is 8.23. The Kier molecular flexibility index (Phi) is 3.95. The van der Waals surface area contributed by atoms with Gasteiger partial charge >= 0.3 is 0 Å². The molecule has 0 amide bonds. The van der Waals surface area contributed by atoms with Crippen LogP contribution < -0.4 is 0 Å². The maximum absolute atomic E-state index is 8.99. The Hall–Kier alpha value is -3.46. The highest BCUT2D eigenvalue weighted by molar-refractivity contribution is 6.10. The lowest BCUT2D eigenvalue weighted by molar-refractivity contribution is 0.546. The molecule has 3 aromatic heterocycles. The fraction of sp³-hybridized carbons (Fsp3) is 0.241. The molecule has 1 aliphatic carbocycles. The number of hydrogen-bond acceptors (Lipinski definition) is 3. The van der Waals surface area contributed by atoms with Crippen molar-refractivity contribution in [3.8, 4) is 11.3 Å². The standard InChI is InChI=1S/C29H26N2O/c1-2-8-21(9-3-1)17-26-28-23-12-6-7-13-27(23)32-29(28)24(19-31-26)25-18-22(14-15-30-25)16-20-10-4-5-11-20/h1-3,6-9,12-15,18-20H,4-5,10-11,16-17H2/i16D2,17D2. The molecule has 3 heteroatoms. The molecule has 1 aliphatic rings. The number of aromatic nitrogens is 2. The van der Waals surface area contributed by atoms with Gasteiger partial charge in [-0.25, -0.2) is 0 Å². The zero-order valence-corrected chi connectivity index (χ0v) is 17.7. The van der Waals surface area contributed by atoms with Gasteiger partial charge in [0.15, 0.2) is 0 Å². The minimum atomic E-state index is -1.85. The Morgan fingerprint density at radius 1 is 0.906 bits per heavy atom. The Bertz CT molecular complexity index is 1560. The Morgan fingerprint density at radius 2 is 1.72 bits per heavy atom. The summed E-state index contributed by atoms with van der Waals surface area (Å²) in [5.41, 5.74) is 3.75. The summed E-state index contributed by atoms with van der Waals surface area (Å²) >= 11 is 0. The monoisotopic (exact) mass is 422 g/mol. The Labute approximate surface area is 193 Å². The molecule has 0 aliphatic heterocycles. The van der Waals surface area contributed by atoms with Crippen molar-refractivity contribution >= 4 is 21.9 Å². The molecule has 2 aromatic carbocycles. The zero-order chi connectivity index (χ0) is 24.9. The first-order valence-corrected chi connectivity index (χ1v) is 11.2. The fourth-order valence-electron chi connectivity index (χ4n) is 4.63. The molecule has 0 unspecified atom stereocenters. The van der Waals surface area contributed by atoms with E-state index in [-0.39, 0.29) is 11.6 Å². The van der Waals surface area contributed by atoms with Gasteiger partial charge < -0.3 is 4.42 Å². The third kappa shape index (κ3) is 3.58. The highest BCUT2D eigenvalue weighted by Crippen LogP contribution is 2.37. The van der Waals surface area contributed by atoms with Crippen LogP contribution in [0.1, 0.15) is 48.0 Å². The lowest BCUT2D eigenvalue weighted by atomic mass is 9.97. The van der Waals surface area contributed by atoms with Crippen LogP contribution in [0.5, 0.6) is 0 Å². The third-order valence-corrected chi connectivity index (χ3v) is 6.20. The number of furan rings is 1. The number of para-hydroxylation sites is 1. The maximum atomic E-state index is 8.99. The van der Waals surface area contributed by atoms with Crippen molar-refractivity contribution in [1.29, 1.82) is 0 Å². The lowest BCUT2D eigenvalue weighted by Gasteiger charge is -2.11. The zero-order valence-electron chi connectivity index (χ0n) is 21.7. The van der Waals surface area contributed by atoms with E-state index in [0.717, 1.165) is 31.1 Å². The lowest BCUT2D eigenvalue weighted by Crippen LogP contribution is -2.00. The summed E-state index contributed by atoms with van der Waals surface area (Å²) in [6.07, 6.45) is 3.88. The van der Waals surface area contributed by atoms with E-state index >= 15 is 0 Å². The Balaban J connectivity index is 1.56. The summed E-state index contributed by atoms with van der Waals surface area (Å²) in [6, 6.07) is 20.2. The second-order valence-corrected chi connectivity index (χ2v) is 8.37. The molecule has 5 aromatic rings. The van der Waals surface area contributed by atoms with Gasteiger partial charge in [-0.1, -0.05) is 74.2 Å². The number of rotatable bonds is 5. The SMILES string of the molecule is [2H]C([2H])(c1ccccc1)c1ncc(-c2cc(C([2H])([2H])C3CCCC3)ccn2)c2oc3ccccc3c12. The predicted octanol–water partition coefficient (Wildman–Crippen LogP) is 7.37. The largest absolute Gasteiger partial charge is 0.455 e. The highest BCUT2D eigenvalue weighted by Gasteiger charge is 2.19. The number of pyridine rings is 2. The van der Waals surface area contributed by atoms with Crippen LogP contribution in [0.25, 0.3) is 33.2 Å². The van der Waals surface area contributed by atoms with Gasteiger partial charge in [-0.05, 0) is 41.6 Å². The van der Waals surface area contributed by atoms with Gasteiger partial charge in [-0.3, -0.25) is 9.97 Å². The highest BCUT2D eigenvalue weighted by atomic mass is 16.3. The van der Waals surface area contributed by atoms with Crippen LogP contribution >= 0.6 is 0 Å². The molecular weight excluding hydrogens is 392 g/mol. The van der Waals surface area contributed by atoms with E-state index < -0.39 is 12.7 Å². The van der Waals surface area contributed by atoms with Crippen molar-refractivity contribution in [3.63, 3.8) is 0 Å². The number of fused-ring (bicyclic) bond motifs is 3. The summed E-state index contributed by atoms with van der Waals surface area (Å²) < 4.78 is 41.9. The molecule has 158 valence electrons. The first kappa shape index (κ1) is 15.4. The van der Waals surface area contributed by atoms with Crippen LogP contribution in [0.3, 0.4) is 0 Å². The van der Waals surface area contributed by atoms with Crippen molar-refractivity contribution < 1.29 is 9.90 Å². The molecule has 1 fully saturated rings. The van der Waals surface area contributed by atoms with E-state index in [1.807, 2.05) is 42.5 Å². The van der Waals surface area contributed by atoms with E-state index in [4.69, 9.17) is 9.90 Å². The first-order chi connectivity index (χ1) is 17.4. The van der Waals surface area contributed by atoms with E-state index in [1.54, 1.807) is 36.7 Å². The average molecular weight is 423 g/mol. The van der Waals surface area contributed by atoms with E-state index in [0.29, 0.717) is 38.9 Å². The molecular formula is C29H26N2O. The van der Waals surface area contributed by atoms with Crippen molar-refractivity contribution in [2.24, 2.45) is 5.92 Å². The van der Waals surface area contributed by atoms with Crippen LogP contribution in [-0.2, 0) is 12.7 Å². The molecule has 3 heterocycles.